The van der Waals surface area contributed by atoms with Crippen LogP contribution in [0.3, 0.4) is 0 Å². The van der Waals surface area contributed by atoms with Crippen LogP contribution in [0, 0.1) is 0 Å². The molecule has 0 saturated carbocycles. The van der Waals surface area contributed by atoms with Crippen LogP contribution in [0.5, 0.6) is 0 Å². The Balaban J connectivity index is 2.11. The molecule has 0 aliphatic carbocycles. The Labute approximate surface area is 139 Å². The fraction of sp³-hybridized carbons (Fsp3) is 0.417. The molecule has 2 amide bonds. The number of carboxylic acids is 1. The molecule has 2 N–H and O–H groups in total. The normalized spacial score (nSPS) is 23.4. The second-order valence-electron chi connectivity index (χ2n) is 4.46. The molecule has 11 heteroatoms. The van der Waals surface area contributed by atoms with Gasteiger partial charge in [-0.25, -0.2) is 4.79 Å². The zero-order chi connectivity index (χ0) is 17.1. The molecule has 2 aliphatic rings. The first kappa shape index (κ1) is 17.3. The van der Waals surface area contributed by atoms with Crippen LogP contribution in [0.2, 0.25) is 0 Å². The average Bonchev–Trinajstić information content (AvgIpc) is 2.55. The van der Waals surface area contributed by atoms with Crippen molar-refractivity contribution in [1.29, 1.82) is 0 Å². The molecule has 0 bridgehead atoms. The van der Waals surface area contributed by atoms with Crippen molar-refractivity contribution in [2.24, 2.45) is 5.16 Å². The van der Waals surface area contributed by atoms with E-state index in [-0.39, 0.29) is 5.70 Å². The zero-order valence-corrected chi connectivity index (χ0v) is 13.4. The maximum absolute atomic E-state index is 12.1. The first-order valence-electron chi connectivity index (χ1n) is 6.31. The van der Waals surface area contributed by atoms with Crippen LogP contribution in [0.1, 0.15) is 0 Å². The number of Topliss-reactive ketones (excluding diaryl/α,β-unsaturated/α-hetero) is 1. The van der Waals surface area contributed by atoms with E-state index in [4.69, 9.17) is 16.7 Å². The number of oxime groups is 1. The van der Waals surface area contributed by atoms with Gasteiger partial charge in [-0.3, -0.25) is 19.3 Å². The maximum atomic E-state index is 12.1. The monoisotopic (exact) mass is 361 g/mol. The molecule has 1 saturated heterocycles. The number of nitrogens with zero attached hydrogens (tertiary/aromatic N) is 2. The minimum Gasteiger partial charge on any atom is -0.477 e. The summed E-state index contributed by atoms with van der Waals surface area (Å²) in [7, 11) is 1.16. The van der Waals surface area contributed by atoms with Crippen LogP contribution in [0.25, 0.3) is 0 Å². The Hall–Kier alpha value is -2.07. The van der Waals surface area contributed by atoms with Gasteiger partial charge < -0.3 is 15.3 Å². The van der Waals surface area contributed by atoms with E-state index in [9.17, 15) is 19.2 Å². The van der Waals surface area contributed by atoms with Gasteiger partial charge in [0.25, 0.3) is 11.8 Å². The summed E-state index contributed by atoms with van der Waals surface area (Å²) in [5.74, 6) is -3.52. The van der Waals surface area contributed by atoms with Crippen LogP contribution in [-0.4, -0.2) is 69.4 Å². The van der Waals surface area contributed by atoms with Crippen LogP contribution < -0.4 is 5.32 Å². The van der Waals surface area contributed by atoms with Gasteiger partial charge in [0, 0.05) is 5.75 Å². The minimum absolute atomic E-state index is 0.119. The Kier molecular flexibility index (Phi) is 5.26. The number of carbonyl (C=O) groups excluding carboxylic acids is 3. The summed E-state index contributed by atoms with van der Waals surface area (Å²) in [5.41, 5.74) is -0.671. The van der Waals surface area contributed by atoms with Crippen LogP contribution in [0.4, 0.5) is 0 Å². The van der Waals surface area contributed by atoms with Crippen LogP contribution >= 0.6 is 23.4 Å². The first-order chi connectivity index (χ1) is 10.9. The summed E-state index contributed by atoms with van der Waals surface area (Å²) >= 11 is 6.68. The van der Waals surface area contributed by atoms with E-state index in [0.717, 1.165) is 12.0 Å². The number of aliphatic carboxylic acids is 1. The number of hydrogen-bond donors (Lipinski definition) is 2. The van der Waals surface area contributed by atoms with E-state index in [1.54, 1.807) is 0 Å². The van der Waals surface area contributed by atoms with E-state index in [0.29, 0.717) is 5.75 Å². The molecule has 9 nitrogen and oxygen atoms in total. The number of alkyl halides is 1. The smallest absolute Gasteiger partial charge is 0.352 e. The van der Waals surface area contributed by atoms with Crippen LogP contribution in [-0.2, 0) is 24.0 Å². The van der Waals surface area contributed by atoms with E-state index in [1.165, 1.54) is 17.8 Å². The molecule has 0 aromatic carbocycles. The Bertz CT molecular complexity index is 634. The highest BCUT2D eigenvalue weighted by molar-refractivity contribution is 8.00. The first-order valence-corrected chi connectivity index (χ1v) is 7.90. The number of fused-ring (bicyclic) bond motifs is 1. The molecule has 0 unspecified atom stereocenters. The highest BCUT2D eigenvalue weighted by Gasteiger charge is 2.53. The lowest BCUT2D eigenvalue weighted by molar-refractivity contribution is -0.150. The molecule has 23 heavy (non-hydrogen) atoms. The summed E-state index contributed by atoms with van der Waals surface area (Å²) in [5, 5.41) is 14.2. The van der Waals surface area contributed by atoms with E-state index in [1.807, 2.05) is 0 Å². The van der Waals surface area contributed by atoms with E-state index >= 15 is 0 Å². The van der Waals surface area contributed by atoms with Gasteiger partial charge in [-0.2, -0.15) is 0 Å². The van der Waals surface area contributed by atoms with Gasteiger partial charge >= 0.3 is 5.97 Å². The Morgan fingerprint density at radius 2 is 2.26 bits per heavy atom. The second kappa shape index (κ2) is 7.01. The number of β-lactam (4-membered cyclic amide) rings is 1. The van der Waals surface area contributed by atoms with Crippen molar-refractivity contribution in [3.8, 4) is 0 Å². The summed E-state index contributed by atoms with van der Waals surface area (Å²) in [6.45, 7) is 0. The van der Waals surface area contributed by atoms with Crippen molar-refractivity contribution in [3.63, 3.8) is 0 Å². The molecule has 2 aliphatic heterocycles. The number of carboxylic acid groups (broad SMARTS) is 1. The third kappa shape index (κ3) is 3.17. The number of carbonyl (C=O) groups is 4. The van der Waals surface area contributed by atoms with Gasteiger partial charge in [-0.15, -0.1) is 23.4 Å². The number of hydrogen-bond acceptors (Lipinski definition) is 7. The lowest BCUT2D eigenvalue weighted by Crippen LogP contribution is -2.70. The number of amides is 2. The summed E-state index contributed by atoms with van der Waals surface area (Å²) < 4.78 is 0. The lowest BCUT2D eigenvalue weighted by atomic mass is 10.0. The molecule has 2 heterocycles. The summed E-state index contributed by atoms with van der Waals surface area (Å²) in [4.78, 5) is 52.3. The van der Waals surface area contributed by atoms with Gasteiger partial charge in [-0.1, -0.05) is 5.16 Å². The molecular formula is C12H12ClN3O6S. The number of rotatable bonds is 6. The number of thioether (sulfide) groups is 1. The standard InChI is InChI=1S/C12H12ClN3O6S/c1-22-15-7(6(17)4-13)9(18)14-8-10(19)16-5(12(20)21)2-3-23-11(8)16/h2,8,11H,3-4H2,1H3,(H,14,18)(H,20,21)/b15-7-/t8-,11-/m1/s1. The third-order valence-electron chi connectivity index (χ3n) is 3.14. The van der Waals surface area contributed by atoms with Crippen molar-refractivity contribution in [1.82, 2.24) is 10.2 Å². The zero-order valence-electron chi connectivity index (χ0n) is 11.8. The quantitative estimate of drug-likeness (QED) is 0.208. The third-order valence-corrected chi connectivity index (χ3v) is 4.56. The van der Waals surface area contributed by atoms with Crippen molar-refractivity contribution >= 4 is 52.6 Å². The van der Waals surface area contributed by atoms with Gasteiger partial charge in [0.2, 0.25) is 11.5 Å². The number of ketones is 1. The molecule has 0 aromatic rings. The second-order valence-corrected chi connectivity index (χ2v) is 5.87. The fourth-order valence-electron chi connectivity index (χ4n) is 2.12. The maximum Gasteiger partial charge on any atom is 0.352 e. The highest BCUT2D eigenvalue weighted by atomic mass is 35.5. The molecule has 2 rings (SSSR count). The number of halogens is 1. The SMILES string of the molecule is CO/N=C(/C(=O)CCl)C(=O)N[C@@H]1C(=O)N2C(C(=O)O)=CCS[C@H]12. The van der Waals surface area contributed by atoms with Gasteiger partial charge in [0.1, 0.15) is 24.2 Å². The van der Waals surface area contributed by atoms with Crippen molar-refractivity contribution in [2.75, 3.05) is 18.7 Å². The van der Waals surface area contributed by atoms with E-state index < -0.39 is 46.6 Å². The molecule has 0 aromatic heterocycles. The summed E-state index contributed by atoms with van der Waals surface area (Å²) in [6.07, 6.45) is 1.42. The van der Waals surface area contributed by atoms with E-state index in [2.05, 4.69) is 15.3 Å². The van der Waals surface area contributed by atoms with Gasteiger partial charge in [-0.05, 0) is 6.08 Å². The Morgan fingerprint density at radius 1 is 1.57 bits per heavy atom. The lowest BCUT2D eigenvalue weighted by Gasteiger charge is -2.48. The summed E-state index contributed by atoms with van der Waals surface area (Å²) in [6, 6.07) is -0.944. The van der Waals surface area contributed by atoms with Crippen molar-refractivity contribution in [2.45, 2.75) is 11.4 Å². The topological polar surface area (TPSA) is 125 Å². The molecule has 1 fully saturated rings. The molecule has 2 atom stereocenters. The number of nitrogens with one attached hydrogen (secondary N) is 1. The van der Waals surface area contributed by atoms with Crippen LogP contribution in [0.15, 0.2) is 16.9 Å². The minimum atomic E-state index is -1.22. The Morgan fingerprint density at radius 3 is 2.83 bits per heavy atom. The predicted molar refractivity (Wildman–Crippen MR) is 80.9 cm³/mol. The molecule has 0 radical (unpaired) electrons. The average molecular weight is 362 g/mol. The molecule has 124 valence electrons. The van der Waals surface area contributed by atoms with Gasteiger partial charge in [0.05, 0.1) is 5.88 Å². The van der Waals surface area contributed by atoms with Crippen molar-refractivity contribution in [3.05, 3.63) is 11.8 Å². The fourth-order valence-corrected chi connectivity index (χ4v) is 3.44. The molecule has 0 spiro atoms. The molecular weight excluding hydrogens is 350 g/mol. The van der Waals surface area contributed by atoms with Crippen molar-refractivity contribution < 1.29 is 29.1 Å². The largest absolute Gasteiger partial charge is 0.477 e. The highest BCUT2D eigenvalue weighted by Crippen LogP contribution is 2.37. The van der Waals surface area contributed by atoms with Gasteiger partial charge in [0.15, 0.2) is 0 Å². The predicted octanol–water partition coefficient (Wildman–Crippen LogP) is -0.835.